The highest BCUT2D eigenvalue weighted by atomic mass is 127. The number of pyridine rings is 1. The maximum absolute atomic E-state index is 12.4. The van der Waals surface area contributed by atoms with E-state index < -0.39 is 11.7 Å². The summed E-state index contributed by atoms with van der Waals surface area (Å²) in [5, 5.41) is 5.69. The van der Waals surface area contributed by atoms with Gasteiger partial charge in [-0.05, 0) is 12.5 Å². The summed E-state index contributed by atoms with van der Waals surface area (Å²) in [7, 11) is 3.37. The number of hydrogen-bond acceptors (Lipinski definition) is 3. The average molecular weight is 453 g/mol. The Morgan fingerprint density at radius 1 is 1.45 bits per heavy atom. The van der Waals surface area contributed by atoms with E-state index in [1.54, 1.807) is 14.1 Å². The molecule has 1 aromatic rings. The number of hydrogen-bond donors (Lipinski definition) is 2. The van der Waals surface area contributed by atoms with Crippen molar-refractivity contribution in [1.29, 1.82) is 0 Å². The van der Waals surface area contributed by atoms with Crippen molar-refractivity contribution in [3.63, 3.8) is 0 Å². The minimum Gasteiger partial charge on any atom is -0.477 e. The van der Waals surface area contributed by atoms with Crippen LogP contribution in [0.1, 0.15) is 12.0 Å². The zero-order valence-electron chi connectivity index (χ0n) is 12.0. The van der Waals surface area contributed by atoms with Gasteiger partial charge in [-0.1, -0.05) is 11.6 Å². The second kappa shape index (κ2) is 9.93. The summed E-state index contributed by atoms with van der Waals surface area (Å²) in [6.45, 7) is 0.859. The molecule has 126 valence electrons. The summed E-state index contributed by atoms with van der Waals surface area (Å²) in [6.07, 6.45) is -3.16. The van der Waals surface area contributed by atoms with Crippen LogP contribution in [0.15, 0.2) is 17.3 Å². The SMILES string of the molecule is CN=C(NC)NCCCOc1ncc(C(F)(F)F)cc1Cl.I. The van der Waals surface area contributed by atoms with Crippen LogP contribution in [-0.2, 0) is 6.18 Å². The summed E-state index contributed by atoms with van der Waals surface area (Å²) in [5.74, 6) is 0.628. The quantitative estimate of drug-likeness (QED) is 0.312. The summed E-state index contributed by atoms with van der Waals surface area (Å²) >= 11 is 5.71. The third-order valence-electron chi connectivity index (χ3n) is 2.45. The largest absolute Gasteiger partial charge is 0.477 e. The standard InChI is InChI=1S/C12H16ClF3N4O.HI/c1-17-11(18-2)19-4-3-5-21-10-9(13)6-8(7-20-10)12(14,15)16;/h6-7H,3-5H2,1-2H3,(H2,17,18,19);1H. The van der Waals surface area contributed by atoms with Crippen LogP contribution in [0.2, 0.25) is 5.02 Å². The third-order valence-corrected chi connectivity index (χ3v) is 2.72. The predicted octanol–water partition coefficient (Wildman–Crippen LogP) is 2.94. The average Bonchev–Trinajstić information content (AvgIpc) is 2.43. The third kappa shape index (κ3) is 6.86. The Balaban J connectivity index is 0.00000441. The molecule has 0 saturated carbocycles. The number of ether oxygens (including phenoxy) is 1. The van der Waals surface area contributed by atoms with Crippen LogP contribution in [-0.4, -0.2) is 38.2 Å². The Hall–Kier alpha value is -0.970. The molecule has 10 heteroatoms. The summed E-state index contributed by atoms with van der Waals surface area (Å²) in [6, 6.07) is 0.797. The van der Waals surface area contributed by atoms with Gasteiger partial charge >= 0.3 is 6.18 Å². The van der Waals surface area contributed by atoms with E-state index in [0.717, 1.165) is 6.07 Å². The Labute approximate surface area is 148 Å². The molecule has 0 aliphatic heterocycles. The van der Waals surface area contributed by atoms with Gasteiger partial charge in [-0.2, -0.15) is 13.2 Å². The summed E-state index contributed by atoms with van der Waals surface area (Å²) < 4.78 is 42.5. The molecule has 0 aliphatic rings. The van der Waals surface area contributed by atoms with Crippen LogP contribution in [0.5, 0.6) is 5.88 Å². The molecule has 0 amide bonds. The molecule has 0 saturated heterocycles. The number of halogens is 5. The highest BCUT2D eigenvalue weighted by Crippen LogP contribution is 2.32. The zero-order valence-corrected chi connectivity index (χ0v) is 15.1. The van der Waals surface area contributed by atoms with Crippen molar-refractivity contribution in [2.75, 3.05) is 27.2 Å². The van der Waals surface area contributed by atoms with E-state index in [-0.39, 0.29) is 41.5 Å². The first-order chi connectivity index (χ1) is 9.88. The molecule has 0 fully saturated rings. The van der Waals surface area contributed by atoms with Gasteiger partial charge < -0.3 is 15.4 Å². The molecule has 0 radical (unpaired) electrons. The van der Waals surface area contributed by atoms with Gasteiger partial charge in [0.1, 0.15) is 5.02 Å². The van der Waals surface area contributed by atoms with Crippen LogP contribution in [0.25, 0.3) is 0 Å². The normalized spacial score (nSPS) is 11.6. The van der Waals surface area contributed by atoms with Crippen molar-refractivity contribution in [1.82, 2.24) is 15.6 Å². The Kier molecular flexibility index (Phi) is 9.49. The van der Waals surface area contributed by atoms with Crippen molar-refractivity contribution in [2.24, 2.45) is 4.99 Å². The molecule has 1 heterocycles. The monoisotopic (exact) mass is 452 g/mol. The highest BCUT2D eigenvalue weighted by molar-refractivity contribution is 14.0. The number of rotatable bonds is 5. The number of aromatic nitrogens is 1. The Bertz CT molecular complexity index is 500. The van der Waals surface area contributed by atoms with E-state index in [2.05, 4.69) is 20.6 Å². The smallest absolute Gasteiger partial charge is 0.417 e. The summed E-state index contributed by atoms with van der Waals surface area (Å²) in [5.41, 5.74) is -0.903. The molecule has 0 bridgehead atoms. The minimum absolute atomic E-state index is 0. The number of nitrogens with one attached hydrogen (secondary N) is 2. The fraction of sp³-hybridized carbons (Fsp3) is 0.500. The molecular weight excluding hydrogens is 436 g/mol. The van der Waals surface area contributed by atoms with Gasteiger partial charge in [-0.25, -0.2) is 4.98 Å². The molecule has 2 N–H and O–H groups in total. The molecule has 0 atom stereocenters. The lowest BCUT2D eigenvalue weighted by Gasteiger charge is -2.11. The predicted molar refractivity (Wildman–Crippen MR) is 90.2 cm³/mol. The summed E-state index contributed by atoms with van der Waals surface area (Å²) in [4.78, 5) is 7.50. The first-order valence-corrected chi connectivity index (χ1v) is 6.50. The van der Waals surface area contributed by atoms with Gasteiger partial charge in [0, 0.05) is 26.8 Å². The van der Waals surface area contributed by atoms with Gasteiger partial charge in [-0.15, -0.1) is 24.0 Å². The first kappa shape index (κ1) is 21.0. The van der Waals surface area contributed by atoms with E-state index >= 15 is 0 Å². The zero-order chi connectivity index (χ0) is 15.9. The van der Waals surface area contributed by atoms with Crippen molar-refractivity contribution in [3.05, 3.63) is 22.8 Å². The maximum Gasteiger partial charge on any atom is 0.417 e. The van der Waals surface area contributed by atoms with Crippen molar-refractivity contribution < 1.29 is 17.9 Å². The van der Waals surface area contributed by atoms with E-state index in [0.29, 0.717) is 25.1 Å². The first-order valence-electron chi connectivity index (χ1n) is 6.12. The van der Waals surface area contributed by atoms with Crippen LogP contribution in [0.4, 0.5) is 13.2 Å². The van der Waals surface area contributed by atoms with E-state index in [4.69, 9.17) is 16.3 Å². The second-order valence-electron chi connectivity index (χ2n) is 3.96. The van der Waals surface area contributed by atoms with Crippen LogP contribution < -0.4 is 15.4 Å². The minimum atomic E-state index is -4.47. The van der Waals surface area contributed by atoms with Crippen molar-refractivity contribution in [3.8, 4) is 5.88 Å². The Morgan fingerprint density at radius 3 is 2.64 bits per heavy atom. The maximum atomic E-state index is 12.4. The van der Waals surface area contributed by atoms with Gasteiger partial charge in [0.15, 0.2) is 5.96 Å². The van der Waals surface area contributed by atoms with Crippen molar-refractivity contribution in [2.45, 2.75) is 12.6 Å². The lowest BCUT2D eigenvalue weighted by molar-refractivity contribution is -0.137. The second-order valence-corrected chi connectivity index (χ2v) is 4.37. The molecule has 5 nitrogen and oxygen atoms in total. The van der Waals surface area contributed by atoms with E-state index in [1.807, 2.05) is 0 Å². The number of guanidine groups is 1. The number of nitrogens with zero attached hydrogens (tertiary/aromatic N) is 2. The number of aliphatic imine (C=N–C) groups is 1. The Morgan fingerprint density at radius 2 is 2.14 bits per heavy atom. The molecule has 0 unspecified atom stereocenters. The molecule has 22 heavy (non-hydrogen) atoms. The van der Waals surface area contributed by atoms with Crippen LogP contribution >= 0.6 is 35.6 Å². The molecule has 1 rings (SSSR count). The topological polar surface area (TPSA) is 58.5 Å². The lowest BCUT2D eigenvalue weighted by atomic mass is 10.3. The van der Waals surface area contributed by atoms with Gasteiger partial charge in [-0.3, -0.25) is 4.99 Å². The van der Waals surface area contributed by atoms with Crippen LogP contribution in [0, 0.1) is 0 Å². The molecule has 0 aromatic carbocycles. The fourth-order valence-corrected chi connectivity index (χ4v) is 1.63. The number of alkyl halides is 3. The molecule has 1 aromatic heterocycles. The van der Waals surface area contributed by atoms with E-state index in [9.17, 15) is 13.2 Å². The van der Waals surface area contributed by atoms with Crippen LogP contribution in [0.3, 0.4) is 0 Å². The highest BCUT2D eigenvalue weighted by Gasteiger charge is 2.31. The van der Waals surface area contributed by atoms with Gasteiger partial charge in [0.05, 0.1) is 12.2 Å². The van der Waals surface area contributed by atoms with Gasteiger partial charge in [0.2, 0.25) is 5.88 Å². The van der Waals surface area contributed by atoms with Gasteiger partial charge in [0.25, 0.3) is 0 Å². The lowest BCUT2D eigenvalue weighted by Crippen LogP contribution is -2.35. The molecule has 0 spiro atoms. The van der Waals surface area contributed by atoms with E-state index in [1.165, 1.54) is 0 Å². The molecular formula is C12H17ClF3IN4O. The fourth-order valence-electron chi connectivity index (χ4n) is 1.41. The molecule has 0 aliphatic carbocycles. The van der Waals surface area contributed by atoms with Crippen molar-refractivity contribution >= 4 is 41.5 Å².